The average Bonchev–Trinajstić information content (AvgIpc) is 1.52. The van der Waals surface area contributed by atoms with Crippen molar-refractivity contribution in [3.63, 3.8) is 0 Å². The minimum Gasteiger partial charge on any atom is -0.369 e. The molecule has 2 aliphatic heterocycles. The van der Waals surface area contributed by atoms with Gasteiger partial charge in [0.1, 0.15) is 17.3 Å². The first-order valence-electron chi connectivity index (χ1n) is 50.1. The normalized spacial score (nSPS) is 13.4. The summed E-state index contributed by atoms with van der Waals surface area (Å²) in [5.41, 5.74) is 54.1. The fourth-order valence-electron chi connectivity index (χ4n) is 17.5. The molecule has 0 radical (unpaired) electrons. The van der Waals surface area contributed by atoms with Crippen molar-refractivity contribution in [1.29, 1.82) is 37.9 Å². The van der Waals surface area contributed by atoms with E-state index in [2.05, 4.69) is 79.1 Å². The number of fused-ring (bicyclic) bond motifs is 6. The van der Waals surface area contributed by atoms with Crippen molar-refractivity contribution in [3.05, 3.63) is 111 Å². The number of amides is 7. The second kappa shape index (κ2) is 62.0. The molecule has 8 atom stereocenters. The van der Waals surface area contributed by atoms with Crippen LogP contribution >= 0.6 is 0 Å². The number of benzene rings is 3. The third kappa shape index (κ3) is 40.7. The number of nitrogens with one attached hydrogen (secondary N) is 20. The minimum atomic E-state index is -1.42. The van der Waals surface area contributed by atoms with Gasteiger partial charge >= 0.3 is 165 Å². The molecular weight excluding hydrogens is 1970 g/mol. The number of hydrogen-bond acceptors (Lipinski definition) is 27. The van der Waals surface area contributed by atoms with E-state index in [1.165, 1.54) is 6.07 Å². The zero-order chi connectivity index (χ0) is 109. The van der Waals surface area contributed by atoms with Crippen molar-refractivity contribution in [2.45, 2.75) is 216 Å². The molecule has 0 aliphatic carbocycles. The van der Waals surface area contributed by atoms with E-state index in [9.17, 15) is 43.2 Å². The van der Waals surface area contributed by atoms with Crippen LogP contribution in [0.25, 0.3) is 10.1 Å². The number of Topliss-reactive ketones (excluding diaryl/α,β-unsaturated/α-hetero) is 5. The number of aromatic nitrogens is 2. The van der Waals surface area contributed by atoms with Gasteiger partial charge in [0.05, 0.1) is 23.7 Å². The number of carbonyl (C=O) groups is 13. The molecule has 1 spiro atoms. The number of guanidine groups is 7. The van der Waals surface area contributed by atoms with Gasteiger partial charge in [0.2, 0.25) is 23.6 Å². The number of rotatable bonds is 71. The molecule has 5 aromatic rings. The van der Waals surface area contributed by atoms with Gasteiger partial charge in [-0.15, -0.1) is 0 Å². The van der Waals surface area contributed by atoms with Crippen LogP contribution in [0.2, 0.25) is 0 Å². The van der Waals surface area contributed by atoms with Gasteiger partial charge in [-0.2, -0.15) is 0 Å². The van der Waals surface area contributed by atoms with Crippen LogP contribution in [0.5, 0.6) is 11.5 Å². The fraction of sp³-hybridized carbons (Fsp3) is 0.535. The van der Waals surface area contributed by atoms with Crippen LogP contribution in [0.1, 0.15) is 239 Å². The monoisotopic (exact) mass is 2120 g/mol. The number of nitrogen functional groups attached to an aromatic ring is 1. The Morgan fingerprint density at radius 3 is 1.14 bits per heavy atom. The van der Waals surface area contributed by atoms with E-state index in [4.69, 9.17) is 98.9 Å². The molecule has 2 aromatic heterocycles. The second-order valence-corrected chi connectivity index (χ2v) is 39.7. The van der Waals surface area contributed by atoms with Crippen LogP contribution in [0, 0.1) is 67.5 Å². The summed E-state index contributed by atoms with van der Waals surface area (Å²) in [6, 6.07) is 17.4. The number of nitrogens with zero attached hydrogens (tertiary/aromatic N) is 4. The van der Waals surface area contributed by atoms with E-state index in [0.29, 0.717) is 109 Å². The Bertz CT molecular complexity index is 5400. The van der Waals surface area contributed by atoms with Crippen molar-refractivity contribution >= 4 is 150 Å². The molecule has 0 bridgehead atoms. The van der Waals surface area contributed by atoms with Crippen molar-refractivity contribution < 1.29 is 71.8 Å². The van der Waals surface area contributed by atoms with Crippen LogP contribution in [-0.4, -0.2) is 254 Å². The third-order valence-electron chi connectivity index (χ3n) is 25.4. The molecule has 3 aromatic carbocycles. The zero-order valence-electron chi connectivity index (χ0n) is 84.9. The number of nitrogens with two attached hydrogens (primary N) is 9. The van der Waals surface area contributed by atoms with Gasteiger partial charge in [-0.25, -0.2) is 4.79 Å². The summed E-state index contributed by atoms with van der Waals surface area (Å²) in [4.78, 5) is 197. The number of esters is 1. The standard InChI is InChI=1S/C99H151N33O15Se/c1-131(2)64-31-34-70-79(56-64)146-80-57-65(132(3)4)32-35-71(80)99(70)69-33-30-63(52-68(69)90(145)147-99)85(140)117-41-12-9-20-58(83(100)138)53-76(135)72(27-17-46-123-95(109)110)128-87(142)61(23-15-44-121-93(105)106)55-78(137)74(29-19-48-125-97(113)114)129-88(143)62(24-16-45-122-94(107)108)54-77(136)73(28-18-47-124-96(111)112)127-86(141)60(22-14-43-120-92(103)104)51-67(134)26-7-5-10-39-116-84(139)59(21-13-42-119-91(101)102)50-66(133)25-8-6-11-40-118-89(144)82-37-36-81(148-82)75-38-49-126-98(115)130-75/h30-38,49,52,56-62,72-74H,5-29,39-48,50-51,53-55H2,1-4H3,(H2,100,138)(H,116,139)(H,117,140)(H,118,144)(H,127,141)(H,128,142)(H,129,143)(H4,101,102,119)(H4,103,104,120)(H4,105,106,121)(H4,107,108,122)(H4,109,110,123)(H4,111,112,124)(H4,113,114,125)(H2,115,126,130)/t58-,59-,60-,61-,62-,72+,73+,74+/m0/s1. The van der Waals surface area contributed by atoms with Gasteiger partial charge in [-0.3, -0.25) is 85.8 Å². The molecule has 7 amide bonds. The number of hydrogen-bond donors (Lipinski definition) is 29. The molecule has 0 saturated carbocycles. The molecule has 0 saturated heterocycles. The maximum absolute atomic E-state index is 15.2. The first kappa shape index (κ1) is 120. The smallest absolute Gasteiger partial charge is 0.220 e. The number of unbranched alkanes of at least 4 members (excludes halogenated alkanes) is 5. The molecule has 2 aliphatic rings. The van der Waals surface area contributed by atoms with Crippen LogP contribution in [0.3, 0.4) is 0 Å². The fourth-order valence-corrected chi connectivity index (χ4v) is 19.3. The van der Waals surface area contributed by atoms with Gasteiger partial charge in [0.15, 0.2) is 64.7 Å². The van der Waals surface area contributed by atoms with Crippen LogP contribution in [0.4, 0.5) is 17.3 Å². The first-order valence-corrected chi connectivity index (χ1v) is 51.8. The van der Waals surface area contributed by atoms with E-state index in [1.807, 2.05) is 80.5 Å². The third-order valence-corrected chi connectivity index (χ3v) is 27.7. The molecule has 0 unspecified atom stereocenters. The van der Waals surface area contributed by atoms with Gasteiger partial charge in [0.25, 0.3) is 5.91 Å². The number of anilines is 3. The average molecular weight is 2120 g/mol. The van der Waals surface area contributed by atoms with Gasteiger partial charge in [-0.1, -0.05) is 18.9 Å². The second-order valence-electron chi connectivity index (χ2n) is 37.4. The van der Waals surface area contributed by atoms with Crippen LogP contribution in [-0.2, 0) is 58.3 Å². The Hall–Kier alpha value is -15.1. The van der Waals surface area contributed by atoms with E-state index < -0.39 is 143 Å². The SMILES string of the molecule is CN(C)c1ccc2c(c1)Oc1cc(N(C)C)ccc1C21OC(=O)c2cc(C(=O)NCCCC[C@@H](CC(=O)[C@@H](CCCNC(=N)N)NC(=O)[C@@H](CCCNC(=N)N)CC(=O)[C@@H](CCCNC(=N)N)NC(=O)[C@@H](CCCNC(=N)N)CC(=O)[C@@H](CCCNC(=N)N)NC(=O)[C@@H](CCCNC(=N)N)CC(=O)CCCCCNC(=O)[C@@H](CCCNC(=N)N)CC(=O)CCCCCNC(=O)c3ccc(-c4ccnc(N)n4)[se]3)C(N)=O)ccc21. The molecule has 4 heterocycles. The molecule has 38 N–H and O–H groups in total. The van der Waals surface area contributed by atoms with Crippen molar-refractivity contribution in [3.8, 4) is 21.6 Å². The largest absolute Gasteiger partial charge is 0.369 e. The molecular formula is C99H151N33O15Se. The van der Waals surface area contributed by atoms with E-state index >= 15 is 19.2 Å². The maximum atomic E-state index is 15.2. The number of carbonyl (C=O) groups excluding carboxylic acids is 13. The summed E-state index contributed by atoms with van der Waals surface area (Å²) in [7, 11) is 7.60. The van der Waals surface area contributed by atoms with E-state index in [0.717, 1.165) is 15.8 Å². The molecule has 49 heteroatoms. The Kier molecular flexibility index (Phi) is 50.3. The van der Waals surface area contributed by atoms with Crippen LogP contribution < -0.4 is 135 Å². The summed E-state index contributed by atoms with van der Waals surface area (Å²) in [6.07, 6.45) is 4.95. The van der Waals surface area contributed by atoms with Crippen molar-refractivity contribution in [2.24, 2.45) is 75.5 Å². The van der Waals surface area contributed by atoms with E-state index in [1.54, 1.807) is 30.5 Å². The molecule has 7 rings (SSSR count). The Balaban J connectivity index is 1.000. The predicted octanol–water partition coefficient (Wildman–Crippen LogP) is 1.71. The van der Waals surface area contributed by atoms with Gasteiger partial charge in [0, 0.05) is 189 Å². The van der Waals surface area contributed by atoms with Gasteiger partial charge < -0.3 is 129 Å². The maximum Gasteiger partial charge on any atom is 0.220 e. The zero-order valence-corrected chi connectivity index (χ0v) is 86.6. The Morgan fingerprint density at radius 2 is 0.736 bits per heavy atom. The van der Waals surface area contributed by atoms with Crippen LogP contribution in [0.15, 0.2) is 79.0 Å². The summed E-state index contributed by atoms with van der Waals surface area (Å²) in [5.74, 6) is -13.9. The molecule has 808 valence electrons. The molecule has 0 fully saturated rings. The van der Waals surface area contributed by atoms with Crippen molar-refractivity contribution in [2.75, 3.05) is 109 Å². The van der Waals surface area contributed by atoms with E-state index in [-0.39, 0.29) is 247 Å². The molecule has 148 heavy (non-hydrogen) atoms. The topological polar surface area (TPSA) is 830 Å². The quantitative estimate of drug-likeness (QED) is 0.00866. The number of ketones is 5. The number of primary amides is 1. The first-order chi connectivity index (χ1) is 70.5. The predicted molar refractivity (Wildman–Crippen MR) is 565 cm³/mol. The summed E-state index contributed by atoms with van der Waals surface area (Å²) < 4.78 is 14.5. The summed E-state index contributed by atoms with van der Waals surface area (Å²) in [6.45, 7) is 1.42. The molecule has 48 nitrogen and oxygen atoms in total. The summed E-state index contributed by atoms with van der Waals surface area (Å²) in [5, 5.41) is 90.5. The summed E-state index contributed by atoms with van der Waals surface area (Å²) >= 11 is -0.266. The number of ether oxygens (including phenoxy) is 2. The minimum absolute atomic E-state index is 0.0139. The van der Waals surface area contributed by atoms with Crippen molar-refractivity contribution in [1.82, 2.24) is 79.1 Å². The van der Waals surface area contributed by atoms with Gasteiger partial charge in [-0.05, 0) is 146 Å². The Labute approximate surface area is 867 Å². The Morgan fingerprint density at radius 1 is 0.378 bits per heavy atom.